The van der Waals surface area contributed by atoms with E-state index in [9.17, 15) is 0 Å². The summed E-state index contributed by atoms with van der Waals surface area (Å²) in [5, 5.41) is 8.46. The SMILES string of the molecule is Cc1nn(-c2ccc(CNC(C)C)c(Br)c2)cc1Cl. The summed E-state index contributed by atoms with van der Waals surface area (Å²) in [4.78, 5) is 0. The smallest absolute Gasteiger partial charge is 0.0819 e. The van der Waals surface area contributed by atoms with Gasteiger partial charge < -0.3 is 5.32 Å². The predicted molar refractivity (Wildman–Crippen MR) is 83.0 cm³/mol. The summed E-state index contributed by atoms with van der Waals surface area (Å²) >= 11 is 9.64. The summed E-state index contributed by atoms with van der Waals surface area (Å²) in [5.74, 6) is 0. The van der Waals surface area contributed by atoms with E-state index in [0.717, 1.165) is 22.4 Å². The number of hydrogen-bond donors (Lipinski definition) is 1. The van der Waals surface area contributed by atoms with Crippen LogP contribution in [0.2, 0.25) is 5.02 Å². The van der Waals surface area contributed by atoms with Crippen molar-refractivity contribution in [1.29, 1.82) is 0 Å². The monoisotopic (exact) mass is 341 g/mol. The molecule has 1 N–H and O–H groups in total. The zero-order chi connectivity index (χ0) is 14.0. The Morgan fingerprint density at radius 1 is 1.42 bits per heavy atom. The highest BCUT2D eigenvalue weighted by atomic mass is 79.9. The molecule has 0 aliphatic heterocycles. The molecule has 3 nitrogen and oxygen atoms in total. The van der Waals surface area contributed by atoms with Crippen molar-refractivity contribution in [1.82, 2.24) is 15.1 Å². The minimum atomic E-state index is 0.471. The first kappa shape index (κ1) is 14.6. The second-order valence-corrected chi connectivity index (χ2v) is 6.08. The summed E-state index contributed by atoms with van der Waals surface area (Å²) in [7, 11) is 0. The van der Waals surface area contributed by atoms with E-state index in [1.165, 1.54) is 5.56 Å². The van der Waals surface area contributed by atoms with Crippen LogP contribution in [-0.4, -0.2) is 15.8 Å². The first-order valence-electron chi connectivity index (χ1n) is 6.21. The molecule has 0 spiro atoms. The first-order valence-corrected chi connectivity index (χ1v) is 7.38. The summed E-state index contributed by atoms with van der Waals surface area (Å²) in [6.45, 7) is 7.01. The molecule has 0 aliphatic rings. The second-order valence-electron chi connectivity index (χ2n) is 4.82. The Bertz CT molecular complexity index is 559. The van der Waals surface area contributed by atoms with E-state index in [4.69, 9.17) is 11.6 Å². The minimum Gasteiger partial charge on any atom is -0.310 e. The second kappa shape index (κ2) is 6.07. The molecule has 2 aromatic rings. The highest BCUT2D eigenvalue weighted by Gasteiger charge is 2.07. The number of hydrogen-bond acceptors (Lipinski definition) is 2. The average Bonchev–Trinajstić information content (AvgIpc) is 2.68. The highest BCUT2D eigenvalue weighted by molar-refractivity contribution is 9.10. The third-order valence-electron chi connectivity index (χ3n) is 2.84. The van der Waals surface area contributed by atoms with Crippen molar-refractivity contribution in [3.8, 4) is 5.69 Å². The van der Waals surface area contributed by atoms with Gasteiger partial charge in [-0.15, -0.1) is 0 Å². The third-order valence-corrected chi connectivity index (χ3v) is 3.95. The van der Waals surface area contributed by atoms with Crippen LogP contribution in [0.4, 0.5) is 0 Å². The standard InChI is InChI=1S/C14H17BrClN3/c1-9(2)17-7-11-4-5-12(6-13(11)15)19-8-14(16)10(3)18-19/h4-6,8-9,17H,7H2,1-3H3. The van der Waals surface area contributed by atoms with Gasteiger partial charge in [-0.2, -0.15) is 5.10 Å². The molecular weight excluding hydrogens is 326 g/mol. The van der Waals surface area contributed by atoms with Gasteiger partial charge in [0.15, 0.2) is 0 Å². The maximum atomic E-state index is 6.03. The number of nitrogens with one attached hydrogen (secondary N) is 1. The van der Waals surface area contributed by atoms with Gasteiger partial charge in [0.05, 0.1) is 16.4 Å². The fourth-order valence-corrected chi connectivity index (χ4v) is 2.34. The summed E-state index contributed by atoms with van der Waals surface area (Å²) in [6, 6.07) is 6.67. The molecule has 5 heteroatoms. The Morgan fingerprint density at radius 2 is 2.16 bits per heavy atom. The Hall–Kier alpha value is -0.840. The lowest BCUT2D eigenvalue weighted by Crippen LogP contribution is -2.22. The van der Waals surface area contributed by atoms with Gasteiger partial charge in [-0.25, -0.2) is 4.68 Å². The van der Waals surface area contributed by atoms with E-state index >= 15 is 0 Å². The molecule has 0 unspecified atom stereocenters. The fourth-order valence-electron chi connectivity index (χ4n) is 1.71. The third kappa shape index (κ3) is 3.59. The molecule has 1 aromatic carbocycles. The van der Waals surface area contributed by atoms with Crippen molar-refractivity contribution >= 4 is 27.5 Å². The zero-order valence-corrected chi connectivity index (χ0v) is 13.6. The molecule has 1 heterocycles. The van der Waals surface area contributed by atoms with E-state index < -0.39 is 0 Å². The molecule has 19 heavy (non-hydrogen) atoms. The van der Waals surface area contributed by atoms with Crippen LogP contribution < -0.4 is 5.32 Å². The number of aryl methyl sites for hydroxylation is 1. The molecule has 2 rings (SSSR count). The lowest BCUT2D eigenvalue weighted by atomic mass is 10.2. The number of nitrogens with zero attached hydrogens (tertiary/aromatic N) is 2. The van der Waals surface area contributed by atoms with Crippen molar-refractivity contribution in [3.63, 3.8) is 0 Å². The van der Waals surface area contributed by atoms with Gasteiger partial charge in [0.1, 0.15) is 0 Å². The van der Waals surface area contributed by atoms with E-state index in [0.29, 0.717) is 11.1 Å². The van der Waals surface area contributed by atoms with Crippen LogP contribution in [0.25, 0.3) is 5.69 Å². The van der Waals surface area contributed by atoms with Gasteiger partial charge in [-0.05, 0) is 24.6 Å². The van der Waals surface area contributed by atoms with Crippen LogP contribution in [0.1, 0.15) is 25.1 Å². The van der Waals surface area contributed by atoms with Crippen molar-refractivity contribution in [2.75, 3.05) is 0 Å². The molecule has 0 fully saturated rings. The van der Waals surface area contributed by atoms with Gasteiger partial charge in [-0.3, -0.25) is 0 Å². The lowest BCUT2D eigenvalue weighted by Gasteiger charge is -2.11. The van der Waals surface area contributed by atoms with Crippen molar-refractivity contribution in [2.24, 2.45) is 0 Å². The summed E-state index contributed by atoms with van der Waals surface area (Å²) in [6.07, 6.45) is 1.82. The van der Waals surface area contributed by atoms with E-state index in [2.05, 4.69) is 52.3 Å². The maximum Gasteiger partial charge on any atom is 0.0819 e. The molecule has 0 atom stereocenters. The number of benzene rings is 1. The van der Waals surface area contributed by atoms with Crippen LogP contribution in [-0.2, 0) is 6.54 Å². The van der Waals surface area contributed by atoms with Crippen LogP contribution in [0, 0.1) is 6.92 Å². The molecule has 0 saturated heterocycles. The van der Waals surface area contributed by atoms with E-state index in [-0.39, 0.29) is 0 Å². The topological polar surface area (TPSA) is 29.9 Å². The minimum absolute atomic E-state index is 0.471. The van der Waals surface area contributed by atoms with Crippen molar-refractivity contribution in [2.45, 2.75) is 33.4 Å². The normalized spacial score (nSPS) is 11.3. The summed E-state index contributed by atoms with van der Waals surface area (Å²) < 4.78 is 2.87. The van der Waals surface area contributed by atoms with Gasteiger partial charge in [-0.1, -0.05) is 47.4 Å². The fraction of sp³-hybridized carbons (Fsp3) is 0.357. The molecule has 0 saturated carbocycles. The van der Waals surface area contributed by atoms with Crippen LogP contribution in [0.5, 0.6) is 0 Å². The molecular formula is C14H17BrClN3. The number of halogens is 2. The largest absolute Gasteiger partial charge is 0.310 e. The van der Waals surface area contributed by atoms with Crippen LogP contribution >= 0.6 is 27.5 Å². The Labute approximate surface area is 127 Å². The summed E-state index contributed by atoms with van der Waals surface area (Å²) in [5.41, 5.74) is 3.06. The predicted octanol–water partition coefficient (Wildman–Crippen LogP) is 4.09. The Balaban J connectivity index is 2.23. The van der Waals surface area contributed by atoms with Crippen molar-refractivity contribution < 1.29 is 0 Å². The average molecular weight is 343 g/mol. The number of aromatic nitrogens is 2. The van der Waals surface area contributed by atoms with Gasteiger partial charge in [0, 0.05) is 23.3 Å². The molecule has 0 bridgehead atoms. The molecule has 1 aromatic heterocycles. The molecule has 102 valence electrons. The van der Waals surface area contributed by atoms with Gasteiger partial charge >= 0.3 is 0 Å². The zero-order valence-electron chi connectivity index (χ0n) is 11.2. The first-order chi connectivity index (χ1) is 8.97. The number of rotatable bonds is 4. The lowest BCUT2D eigenvalue weighted by molar-refractivity contribution is 0.588. The van der Waals surface area contributed by atoms with Crippen molar-refractivity contribution in [3.05, 3.63) is 45.1 Å². The Kier molecular flexibility index (Phi) is 4.66. The quantitative estimate of drug-likeness (QED) is 0.907. The molecule has 0 radical (unpaired) electrons. The highest BCUT2D eigenvalue weighted by Crippen LogP contribution is 2.22. The van der Waals surface area contributed by atoms with E-state index in [1.54, 1.807) is 4.68 Å². The van der Waals surface area contributed by atoms with E-state index in [1.807, 2.05) is 19.2 Å². The molecule has 0 amide bonds. The van der Waals surface area contributed by atoms with Gasteiger partial charge in [0.25, 0.3) is 0 Å². The van der Waals surface area contributed by atoms with Crippen LogP contribution in [0.15, 0.2) is 28.9 Å². The van der Waals surface area contributed by atoms with Gasteiger partial charge in [0.2, 0.25) is 0 Å². The molecule has 0 aliphatic carbocycles. The van der Waals surface area contributed by atoms with Crippen LogP contribution in [0.3, 0.4) is 0 Å². The maximum absolute atomic E-state index is 6.03. The Morgan fingerprint density at radius 3 is 2.68 bits per heavy atom.